The van der Waals surface area contributed by atoms with Gasteiger partial charge in [-0.05, 0) is 37.5 Å². The first-order valence-electron chi connectivity index (χ1n) is 11.7. The Kier molecular flexibility index (Phi) is 10.5. The van der Waals surface area contributed by atoms with E-state index in [1.54, 1.807) is 42.8 Å². The highest BCUT2D eigenvalue weighted by molar-refractivity contribution is 14.1. The fourth-order valence-electron chi connectivity index (χ4n) is 3.99. The zero-order valence-electron chi connectivity index (χ0n) is 20.8. The van der Waals surface area contributed by atoms with Crippen LogP contribution in [0.15, 0.2) is 41.9 Å². The van der Waals surface area contributed by atoms with E-state index in [4.69, 9.17) is 5.84 Å². The lowest BCUT2D eigenvalue weighted by Gasteiger charge is -2.28. The third-order valence-electron chi connectivity index (χ3n) is 5.90. The normalized spacial score (nSPS) is 18.3. The van der Waals surface area contributed by atoms with E-state index < -0.39 is 46.1 Å². The number of sulfonamides is 1. The second-order valence-electron chi connectivity index (χ2n) is 8.80. The van der Waals surface area contributed by atoms with Crippen LogP contribution in [0.1, 0.15) is 43.1 Å². The number of carbonyl (C=O) groups excluding carboxylic acids is 2. The van der Waals surface area contributed by atoms with Gasteiger partial charge in [0.1, 0.15) is 0 Å². The Labute approximate surface area is 239 Å². The number of aliphatic hydroxyl groups excluding tert-OH is 2. The standard InChI is InChI=1S/C23H31IN6O6S2/c1-14(15-6-8-16(9-7-15)30(25)12-4-10-24)26-21(33)19(31)20(32)22(34)29-11-3-5-18(29)17-13-37-23(27-17)28-38(2,35)36/h4,6-9,12-14,18-20,31-32H,3,5,10-11,25H2,1-2H3,(H,26,33)(H,27,28)/b12-4-/t14-,18-,19-,20-/m1/s1. The molecule has 1 aliphatic heterocycles. The van der Waals surface area contributed by atoms with Crippen molar-refractivity contribution < 1.29 is 28.2 Å². The number of allylic oxidation sites excluding steroid dienone is 1. The molecule has 0 spiro atoms. The molecule has 2 aromatic rings. The predicted octanol–water partition coefficient (Wildman–Crippen LogP) is 1.41. The molecule has 3 rings (SSSR count). The lowest BCUT2D eigenvalue weighted by molar-refractivity contribution is -0.154. The number of hydrogen-bond donors (Lipinski definition) is 5. The first-order valence-corrected chi connectivity index (χ1v) is 16.0. The van der Waals surface area contributed by atoms with Crippen LogP contribution in [-0.2, 0) is 19.6 Å². The summed E-state index contributed by atoms with van der Waals surface area (Å²) >= 11 is 3.28. The number of aliphatic hydroxyl groups is 2. The molecule has 0 saturated carbocycles. The van der Waals surface area contributed by atoms with Crippen LogP contribution < -0.4 is 20.9 Å². The van der Waals surface area contributed by atoms with Gasteiger partial charge in [0.15, 0.2) is 17.3 Å². The number of benzene rings is 1. The number of nitrogens with two attached hydrogens (primary N) is 1. The number of rotatable bonds is 11. The maximum absolute atomic E-state index is 13.0. The molecular weight excluding hydrogens is 647 g/mol. The summed E-state index contributed by atoms with van der Waals surface area (Å²) in [5.41, 5.74) is 1.95. The maximum atomic E-state index is 13.0. The van der Waals surface area contributed by atoms with Gasteiger partial charge < -0.3 is 20.4 Å². The number of nitrogens with one attached hydrogen (secondary N) is 2. The summed E-state index contributed by atoms with van der Waals surface area (Å²) in [7, 11) is -3.50. The van der Waals surface area contributed by atoms with Crippen molar-refractivity contribution in [2.45, 2.75) is 44.1 Å². The highest BCUT2D eigenvalue weighted by Gasteiger charge is 2.39. The molecule has 0 bridgehead atoms. The summed E-state index contributed by atoms with van der Waals surface area (Å²) in [6.45, 7) is 2.01. The van der Waals surface area contributed by atoms with Crippen molar-refractivity contribution in [3.8, 4) is 0 Å². The van der Waals surface area contributed by atoms with Gasteiger partial charge in [0.2, 0.25) is 10.0 Å². The van der Waals surface area contributed by atoms with E-state index in [-0.39, 0.29) is 5.13 Å². The average Bonchev–Trinajstić information content (AvgIpc) is 3.54. The number of anilines is 2. The van der Waals surface area contributed by atoms with E-state index >= 15 is 0 Å². The number of hydrogen-bond acceptors (Lipinski definition) is 10. The van der Waals surface area contributed by atoms with Gasteiger partial charge in [-0.2, -0.15) is 0 Å². The molecule has 1 aromatic carbocycles. The average molecular weight is 679 g/mol. The molecule has 208 valence electrons. The zero-order valence-corrected chi connectivity index (χ0v) is 24.6. The fraction of sp³-hybridized carbons (Fsp3) is 0.435. The molecule has 12 nitrogen and oxygen atoms in total. The molecule has 1 aliphatic rings. The summed E-state index contributed by atoms with van der Waals surface area (Å²) in [5, 5.41) is 26.9. The fourth-order valence-corrected chi connectivity index (χ4v) is 5.82. The molecule has 1 aromatic heterocycles. The summed E-state index contributed by atoms with van der Waals surface area (Å²) in [5.74, 6) is 4.26. The predicted molar refractivity (Wildman–Crippen MR) is 154 cm³/mol. The van der Waals surface area contributed by atoms with Gasteiger partial charge in [-0.1, -0.05) is 40.8 Å². The van der Waals surface area contributed by atoms with E-state index in [9.17, 15) is 28.2 Å². The maximum Gasteiger partial charge on any atom is 0.255 e. The van der Waals surface area contributed by atoms with Crippen LogP contribution in [0.2, 0.25) is 0 Å². The van der Waals surface area contributed by atoms with E-state index in [1.165, 1.54) is 9.91 Å². The Morgan fingerprint density at radius 1 is 1.32 bits per heavy atom. The van der Waals surface area contributed by atoms with Gasteiger partial charge >= 0.3 is 0 Å². The largest absolute Gasteiger partial charge is 0.380 e. The Morgan fingerprint density at radius 2 is 2.00 bits per heavy atom. The van der Waals surface area contributed by atoms with Crippen molar-refractivity contribution in [1.29, 1.82) is 0 Å². The highest BCUT2D eigenvalue weighted by atomic mass is 127. The van der Waals surface area contributed by atoms with E-state index in [0.717, 1.165) is 33.3 Å². The second kappa shape index (κ2) is 13.2. The van der Waals surface area contributed by atoms with Gasteiger partial charge in [-0.3, -0.25) is 19.3 Å². The molecule has 4 atom stereocenters. The smallest absolute Gasteiger partial charge is 0.255 e. The molecule has 0 aliphatic carbocycles. The van der Waals surface area contributed by atoms with Crippen molar-refractivity contribution >= 4 is 66.6 Å². The lowest BCUT2D eigenvalue weighted by atomic mass is 10.1. The number of thiazole rings is 1. The number of carbonyl (C=O) groups is 2. The minimum Gasteiger partial charge on any atom is -0.380 e. The monoisotopic (exact) mass is 678 g/mol. The quantitative estimate of drug-likeness (QED) is 0.102. The van der Waals surface area contributed by atoms with Crippen molar-refractivity contribution in [3.63, 3.8) is 0 Å². The molecule has 1 fully saturated rings. The third-order valence-corrected chi connectivity index (χ3v) is 7.88. The van der Waals surface area contributed by atoms with Crippen LogP contribution in [0.5, 0.6) is 0 Å². The van der Waals surface area contributed by atoms with Gasteiger partial charge in [0.25, 0.3) is 11.8 Å². The summed E-state index contributed by atoms with van der Waals surface area (Å²) < 4.78 is 26.0. The minimum absolute atomic E-state index is 0.167. The van der Waals surface area contributed by atoms with E-state index in [1.807, 2.05) is 6.08 Å². The minimum atomic E-state index is -3.50. The van der Waals surface area contributed by atoms with Crippen LogP contribution in [-0.4, -0.2) is 69.8 Å². The Balaban J connectivity index is 1.61. The van der Waals surface area contributed by atoms with Crippen molar-refractivity contribution in [2.24, 2.45) is 5.84 Å². The topological polar surface area (TPSA) is 178 Å². The molecule has 2 amide bonds. The van der Waals surface area contributed by atoms with E-state index in [0.29, 0.717) is 25.1 Å². The number of nitrogens with zero attached hydrogens (tertiary/aromatic N) is 3. The van der Waals surface area contributed by atoms with Gasteiger partial charge in [-0.15, -0.1) is 11.3 Å². The zero-order chi connectivity index (χ0) is 28.0. The van der Waals surface area contributed by atoms with Crippen molar-refractivity contribution in [3.05, 3.63) is 53.2 Å². The highest BCUT2D eigenvalue weighted by Crippen LogP contribution is 2.34. The molecular formula is C23H31IN6O6S2. The molecule has 6 N–H and O–H groups in total. The molecule has 15 heteroatoms. The van der Waals surface area contributed by atoms with Crippen molar-refractivity contribution in [1.82, 2.24) is 15.2 Å². The van der Waals surface area contributed by atoms with Gasteiger partial charge in [0.05, 0.1) is 29.7 Å². The van der Waals surface area contributed by atoms with E-state index in [2.05, 4.69) is 37.6 Å². The Hall–Kier alpha value is -2.31. The molecule has 0 unspecified atom stereocenters. The summed E-state index contributed by atoms with van der Waals surface area (Å²) in [6, 6.07) is 6.11. The molecule has 1 saturated heterocycles. The molecule has 2 heterocycles. The van der Waals surface area contributed by atoms with Crippen LogP contribution in [0.25, 0.3) is 0 Å². The molecule has 38 heavy (non-hydrogen) atoms. The van der Waals surface area contributed by atoms with Crippen LogP contribution >= 0.6 is 33.9 Å². The number of alkyl halides is 1. The number of hydrazine groups is 1. The second-order valence-corrected chi connectivity index (χ2v) is 12.3. The number of aromatic nitrogens is 1. The Bertz CT molecular complexity index is 1260. The van der Waals surface area contributed by atoms with Gasteiger partial charge in [-0.25, -0.2) is 19.2 Å². The molecule has 0 radical (unpaired) electrons. The Morgan fingerprint density at radius 3 is 2.63 bits per heavy atom. The SMILES string of the molecule is C[C@@H](NC(=O)[C@H](O)[C@@H](O)C(=O)N1CCC[C@@H]1c1csc(NS(C)(=O)=O)n1)c1ccc(N(N)/C=C\CI)cc1. The van der Waals surface area contributed by atoms with Crippen LogP contribution in [0.3, 0.4) is 0 Å². The summed E-state index contributed by atoms with van der Waals surface area (Å²) in [6.07, 6.45) is 1.86. The van der Waals surface area contributed by atoms with Crippen molar-refractivity contribution in [2.75, 3.05) is 27.0 Å². The summed E-state index contributed by atoms with van der Waals surface area (Å²) in [4.78, 5) is 31.3. The number of amides is 2. The van der Waals surface area contributed by atoms with Gasteiger partial charge in [0, 0.05) is 22.6 Å². The first kappa shape index (κ1) is 30.2. The number of likely N-dealkylation sites (tertiary alicyclic amines) is 1. The number of halogens is 1. The lowest BCUT2D eigenvalue weighted by Crippen LogP contribution is -2.51. The third kappa shape index (κ3) is 7.86. The first-order chi connectivity index (χ1) is 17.9. The van der Waals surface area contributed by atoms with Crippen LogP contribution in [0.4, 0.5) is 10.8 Å². The van der Waals surface area contributed by atoms with Crippen LogP contribution in [0, 0.1) is 0 Å².